The van der Waals surface area contributed by atoms with Gasteiger partial charge in [0.2, 0.25) is 0 Å². The topological polar surface area (TPSA) is 20.2 Å². The Morgan fingerprint density at radius 1 is 1.50 bits per heavy atom. The summed E-state index contributed by atoms with van der Waals surface area (Å²) in [5, 5.41) is 7.57. The van der Waals surface area contributed by atoms with Crippen molar-refractivity contribution >= 4 is 9.24 Å². The van der Waals surface area contributed by atoms with Crippen LogP contribution in [-0.4, -0.2) is 17.9 Å². The third-order valence-corrected chi connectivity index (χ3v) is 0. The second-order valence-electron chi connectivity index (χ2n) is 0.724. The Labute approximate surface area is 42.0 Å². The summed E-state index contributed by atoms with van der Waals surface area (Å²) < 4.78 is 0. The van der Waals surface area contributed by atoms with Gasteiger partial charge in [0.15, 0.2) is 0 Å². The molecule has 6 heavy (non-hydrogen) atoms. The second kappa shape index (κ2) is 18.2. The summed E-state index contributed by atoms with van der Waals surface area (Å²) in [5.74, 6) is 0. The lowest BCUT2D eigenvalue weighted by Crippen LogP contribution is -1.57. The van der Waals surface area contributed by atoms with Gasteiger partial charge >= 0.3 is 0 Å². The SMILES string of the molecule is CCO.CCP. The fourth-order valence-electron chi connectivity index (χ4n) is 0. The minimum Gasteiger partial charge on any atom is -0.397 e. The van der Waals surface area contributed by atoms with E-state index in [1.54, 1.807) is 6.92 Å². The number of hydrogen-bond donors (Lipinski definition) is 1. The van der Waals surface area contributed by atoms with Crippen molar-refractivity contribution in [3.05, 3.63) is 0 Å². The molecule has 0 aromatic rings. The van der Waals surface area contributed by atoms with Crippen LogP contribution in [0.4, 0.5) is 0 Å². The average Bonchev–Trinajstić information content (AvgIpc) is 1.39. The predicted molar refractivity (Wildman–Crippen MR) is 33.0 cm³/mol. The molecule has 0 aliphatic rings. The Morgan fingerprint density at radius 3 is 1.50 bits per heavy atom. The highest BCUT2D eigenvalue weighted by Crippen LogP contribution is 1.68. The highest BCUT2D eigenvalue weighted by atomic mass is 31.0. The van der Waals surface area contributed by atoms with E-state index in [9.17, 15) is 0 Å². The smallest absolute Gasteiger partial charge is 0.0402 e. The van der Waals surface area contributed by atoms with Crippen LogP contribution in [0.15, 0.2) is 0 Å². The first-order chi connectivity index (χ1) is 2.83. The predicted octanol–water partition coefficient (Wildman–Crippen LogP) is 0.880. The first kappa shape index (κ1) is 9.63. The largest absolute Gasteiger partial charge is 0.397 e. The van der Waals surface area contributed by atoms with Crippen LogP contribution < -0.4 is 0 Å². The molecular formula is C4H13OP. The molecule has 0 aromatic carbocycles. The van der Waals surface area contributed by atoms with Crippen LogP contribution in [-0.2, 0) is 0 Å². The van der Waals surface area contributed by atoms with Gasteiger partial charge in [-0.3, -0.25) is 0 Å². The number of hydrogen-bond acceptors (Lipinski definition) is 1. The standard InChI is InChI=1S/C2H6O.C2H7P/c2*1-2-3/h3H,2H2,1H3;2-3H2,1H3. The molecule has 1 N–H and O–H groups in total. The lowest BCUT2D eigenvalue weighted by atomic mass is 10.9. The molecule has 0 bridgehead atoms. The minimum absolute atomic E-state index is 0.250. The highest BCUT2D eigenvalue weighted by molar-refractivity contribution is 7.16. The zero-order valence-electron chi connectivity index (χ0n) is 4.44. The van der Waals surface area contributed by atoms with Crippen molar-refractivity contribution in [2.24, 2.45) is 0 Å². The van der Waals surface area contributed by atoms with Crippen LogP contribution in [0.2, 0.25) is 0 Å². The van der Waals surface area contributed by atoms with E-state index >= 15 is 0 Å². The molecule has 1 unspecified atom stereocenters. The average molecular weight is 108 g/mol. The van der Waals surface area contributed by atoms with E-state index in [0.717, 1.165) is 0 Å². The van der Waals surface area contributed by atoms with E-state index in [0.29, 0.717) is 0 Å². The van der Waals surface area contributed by atoms with Crippen molar-refractivity contribution in [1.82, 2.24) is 0 Å². The molecule has 0 amide bonds. The van der Waals surface area contributed by atoms with Crippen molar-refractivity contribution in [2.75, 3.05) is 12.8 Å². The van der Waals surface area contributed by atoms with Crippen LogP contribution in [0.3, 0.4) is 0 Å². The Morgan fingerprint density at radius 2 is 1.50 bits per heavy atom. The van der Waals surface area contributed by atoms with Crippen molar-refractivity contribution in [1.29, 1.82) is 0 Å². The molecule has 0 radical (unpaired) electrons. The second-order valence-corrected chi connectivity index (χ2v) is 1.54. The monoisotopic (exact) mass is 108 g/mol. The van der Waals surface area contributed by atoms with E-state index in [2.05, 4.69) is 16.2 Å². The van der Waals surface area contributed by atoms with Gasteiger partial charge in [-0.2, -0.15) is 0 Å². The van der Waals surface area contributed by atoms with Gasteiger partial charge < -0.3 is 5.11 Å². The summed E-state index contributed by atoms with van der Waals surface area (Å²) in [6.45, 7) is 4.02. The summed E-state index contributed by atoms with van der Waals surface area (Å²) in [5.41, 5.74) is 0. The van der Waals surface area contributed by atoms with E-state index in [-0.39, 0.29) is 6.61 Å². The van der Waals surface area contributed by atoms with Crippen molar-refractivity contribution in [3.8, 4) is 0 Å². The molecule has 1 nitrogen and oxygen atoms in total. The van der Waals surface area contributed by atoms with Gasteiger partial charge in [-0.05, 0) is 13.1 Å². The van der Waals surface area contributed by atoms with E-state index in [4.69, 9.17) is 5.11 Å². The van der Waals surface area contributed by atoms with Gasteiger partial charge in [-0.1, -0.05) is 6.92 Å². The Kier molecular flexibility index (Phi) is 29.2. The molecule has 0 saturated carbocycles. The summed E-state index contributed by atoms with van der Waals surface area (Å²) in [6.07, 6.45) is 1.17. The summed E-state index contributed by atoms with van der Waals surface area (Å²) in [7, 11) is 2.58. The third kappa shape index (κ3) is 332. The number of rotatable bonds is 0. The first-order valence-corrected chi connectivity index (χ1v) is 2.96. The van der Waals surface area contributed by atoms with Crippen molar-refractivity contribution < 1.29 is 5.11 Å². The normalized spacial score (nSPS) is 6.00. The molecule has 0 aromatic heterocycles. The molecule has 40 valence electrons. The van der Waals surface area contributed by atoms with Gasteiger partial charge in [-0.15, -0.1) is 9.24 Å². The quantitative estimate of drug-likeness (QED) is 0.457. The molecule has 0 aliphatic carbocycles. The molecule has 0 heterocycles. The van der Waals surface area contributed by atoms with Crippen molar-refractivity contribution in [3.63, 3.8) is 0 Å². The molecule has 2 heteroatoms. The molecule has 0 fully saturated rings. The fraction of sp³-hybridized carbons (Fsp3) is 1.00. The first-order valence-electron chi connectivity index (χ1n) is 2.14. The third-order valence-electron chi connectivity index (χ3n) is 0. The van der Waals surface area contributed by atoms with Crippen LogP contribution >= 0.6 is 9.24 Å². The fourth-order valence-corrected chi connectivity index (χ4v) is 0. The van der Waals surface area contributed by atoms with Gasteiger partial charge in [-0.25, -0.2) is 0 Å². The summed E-state index contributed by atoms with van der Waals surface area (Å²) in [6, 6.07) is 0. The van der Waals surface area contributed by atoms with Gasteiger partial charge in [0.05, 0.1) is 0 Å². The van der Waals surface area contributed by atoms with E-state index in [1.807, 2.05) is 0 Å². The maximum atomic E-state index is 7.57. The Hall–Kier alpha value is 0.390. The zero-order chi connectivity index (χ0) is 5.41. The van der Waals surface area contributed by atoms with Crippen LogP contribution in [0, 0.1) is 0 Å². The molecule has 0 aliphatic heterocycles. The van der Waals surface area contributed by atoms with Crippen LogP contribution in [0.1, 0.15) is 13.8 Å². The van der Waals surface area contributed by atoms with Crippen molar-refractivity contribution in [2.45, 2.75) is 13.8 Å². The Bertz CT molecular complexity index is 9.51. The molecule has 1 atom stereocenters. The molecular weight excluding hydrogens is 95.0 g/mol. The lowest BCUT2D eigenvalue weighted by Gasteiger charge is -1.52. The van der Waals surface area contributed by atoms with Gasteiger partial charge in [0.1, 0.15) is 0 Å². The highest BCUT2D eigenvalue weighted by Gasteiger charge is 1.35. The lowest BCUT2D eigenvalue weighted by molar-refractivity contribution is 0.318. The van der Waals surface area contributed by atoms with E-state index in [1.165, 1.54) is 6.16 Å². The summed E-state index contributed by atoms with van der Waals surface area (Å²) >= 11 is 0. The minimum atomic E-state index is 0.250. The number of aliphatic hydroxyl groups is 1. The molecule has 0 spiro atoms. The van der Waals surface area contributed by atoms with Crippen LogP contribution in [0.5, 0.6) is 0 Å². The molecule has 0 saturated heterocycles. The maximum absolute atomic E-state index is 7.57. The summed E-state index contributed by atoms with van der Waals surface area (Å²) in [4.78, 5) is 0. The van der Waals surface area contributed by atoms with Gasteiger partial charge in [0, 0.05) is 6.61 Å². The Balaban J connectivity index is 0. The zero-order valence-corrected chi connectivity index (χ0v) is 5.59. The molecule has 0 rings (SSSR count). The maximum Gasteiger partial charge on any atom is 0.0402 e. The number of aliphatic hydroxyl groups excluding tert-OH is 1. The van der Waals surface area contributed by atoms with E-state index < -0.39 is 0 Å². The van der Waals surface area contributed by atoms with Gasteiger partial charge in [0.25, 0.3) is 0 Å². The van der Waals surface area contributed by atoms with Crippen LogP contribution in [0.25, 0.3) is 0 Å².